The van der Waals surface area contributed by atoms with E-state index in [1.165, 1.54) is 0 Å². The van der Waals surface area contributed by atoms with Gasteiger partial charge >= 0.3 is 5.97 Å². The van der Waals surface area contributed by atoms with Gasteiger partial charge in [-0.2, -0.15) is 0 Å². The summed E-state index contributed by atoms with van der Waals surface area (Å²) in [5.41, 5.74) is 3.29. The van der Waals surface area contributed by atoms with Crippen molar-refractivity contribution in [1.82, 2.24) is 15.0 Å². The molecule has 8 nitrogen and oxygen atoms in total. The predicted molar refractivity (Wildman–Crippen MR) is 99.7 cm³/mol. The smallest absolute Gasteiger partial charge is 0.342 e. The normalized spacial score (nSPS) is 10.7. The number of hydrogen-bond acceptors (Lipinski definition) is 7. The maximum atomic E-state index is 12.3. The Bertz CT molecular complexity index is 971. The van der Waals surface area contributed by atoms with Gasteiger partial charge in [0.25, 0.3) is 0 Å². The number of carbonyl (C=O) groups excluding carboxylic acids is 1. The number of esters is 1. The van der Waals surface area contributed by atoms with Gasteiger partial charge in [-0.05, 0) is 26.0 Å². The van der Waals surface area contributed by atoms with Crippen LogP contribution in [-0.4, -0.2) is 48.9 Å². The average molecular weight is 371 g/mol. The molecule has 0 radical (unpaired) electrons. The van der Waals surface area contributed by atoms with Crippen molar-refractivity contribution >= 4 is 17.1 Å². The summed E-state index contributed by atoms with van der Waals surface area (Å²) in [6.07, 6.45) is 1.62. The minimum atomic E-state index is -0.433. The first-order valence-electron chi connectivity index (χ1n) is 8.36. The molecule has 8 heteroatoms. The summed E-state index contributed by atoms with van der Waals surface area (Å²) in [6, 6.07) is 3.56. The molecule has 0 spiro atoms. The molecule has 0 fully saturated rings. The molecular formula is C19H21N3O5. The molecule has 3 aromatic rings. The fourth-order valence-electron chi connectivity index (χ4n) is 2.89. The summed E-state index contributed by atoms with van der Waals surface area (Å²) in [5.74, 6) is 1.06. The molecule has 0 saturated heterocycles. The van der Waals surface area contributed by atoms with Gasteiger partial charge in [-0.25, -0.2) is 14.8 Å². The van der Waals surface area contributed by atoms with E-state index in [4.69, 9.17) is 18.9 Å². The maximum absolute atomic E-state index is 12.3. The van der Waals surface area contributed by atoms with Gasteiger partial charge in [0.2, 0.25) is 5.75 Å². The molecule has 27 heavy (non-hydrogen) atoms. The third-order valence-corrected chi connectivity index (χ3v) is 4.13. The third-order valence-electron chi connectivity index (χ3n) is 4.13. The number of aromatic amines is 1. The molecular weight excluding hydrogens is 350 g/mol. The van der Waals surface area contributed by atoms with Crippen LogP contribution in [-0.2, 0) is 4.74 Å². The van der Waals surface area contributed by atoms with Crippen molar-refractivity contribution in [3.05, 3.63) is 29.6 Å². The standard InChI is InChI=1S/C19H21N3O5/c1-6-27-19(23)15-10(2)21-18-16(15)22-12(9-20-18)11-7-13(24-3)17(26-5)14(8-11)25-4/h7-9H,6H2,1-5H3,(H,20,21). The average Bonchev–Trinajstić information content (AvgIpc) is 3.01. The van der Waals surface area contributed by atoms with Crippen LogP contribution in [0.5, 0.6) is 17.2 Å². The number of hydrogen-bond donors (Lipinski definition) is 1. The molecule has 1 aromatic carbocycles. The number of benzene rings is 1. The zero-order valence-corrected chi connectivity index (χ0v) is 15.9. The third kappa shape index (κ3) is 3.25. The molecule has 0 aliphatic heterocycles. The Hall–Kier alpha value is -3.29. The SMILES string of the molecule is CCOC(=O)c1c(C)[nH]c2ncc(-c3cc(OC)c(OC)c(OC)c3)nc12. The Labute approximate surface area is 156 Å². The van der Waals surface area contributed by atoms with E-state index in [1.807, 2.05) is 0 Å². The van der Waals surface area contributed by atoms with Crippen molar-refractivity contribution in [1.29, 1.82) is 0 Å². The number of ether oxygens (including phenoxy) is 4. The van der Waals surface area contributed by atoms with Crippen LogP contribution in [0.2, 0.25) is 0 Å². The summed E-state index contributed by atoms with van der Waals surface area (Å²) in [7, 11) is 4.63. The first-order valence-corrected chi connectivity index (χ1v) is 8.36. The van der Waals surface area contributed by atoms with Crippen molar-refractivity contribution in [2.45, 2.75) is 13.8 Å². The summed E-state index contributed by atoms with van der Waals surface area (Å²) < 4.78 is 21.3. The lowest BCUT2D eigenvalue weighted by molar-refractivity contribution is 0.0527. The zero-order valence-electron chi connectivity index (χ0n) is 15.9. The number of fused-ring (bicyclic) bond motifs is 1. The van der Waals surface area contributed by atoms with Crippen LogP contribution >= 0.6 is 0 Å². The van der Waals surface area contributed by atoms with E-state index in [1.54, 1.807) is 53.5 Å². The van der Waals surface area contributed by atoms with Crippen LogP contribution in [0.4, 0.5) is 0 Å². The van der Waals surface area contributed by atoms with Gasteiger partial charge < -0.3 is 23.9 Å². The fourth-order valence-corrected chi connectivity index (χ4v) is 2.89. The van der Waals surface area contributed by atoms with Crippen molar-refractivity contribution in [2.75, 3.05) is 27.9 Å². The van der Waals surface area contributed by atoms with E-state index in [-0.39, 0.29) is 6.61 Å². The molecule has 2 heterocycles. The van der Waals surface area contributed by atoms with Gasteiger partial charge in [0, 0.05) is 11.3 Å². The van der Waals surface area contributed by atoms with Crippen molar-refractivity contribution < 1.29 is 23.7 Å². The number of methoxy groups -OCH3 is 3. The van der Waals surface area contributed by atoms with Crippen LogP contribution in [0.1, 0.15) is 23.0 Å². The highest BCUT2D eigenvalue weighted by Crippen LogP contribution is 2.41. The van der Waals surface area contributed by atoms with E-state index in [9.17, 15) is 4.79 Å². The second-order valence-corrected chi connectivity index (χ2v) is 5.71. The molecule has 2 aromatic heterocycles. The number of carbonyl (C=O) groups is 1. The molecule has 0 saturated carbocycles. The maximum Gasteiger partial charge on any atom is 0.342 e. The van der Waals surface area contributed by atoms with E-state index in [0.717, 1.165) is 0 Å². The summed E-state index contributed by atoms with van der Waals surface area (Å²) >= 11 is 0. The highest BCUT2D eigenvalue weighted by Gasteiger charge is 2.21. The van der Waals surface area contributed by atoms with E-state index in [2.05, 4.69) is 15.0 Å². The molecule has 142 valence electrons. The Morgan fingerprint density at radius 3 is 2.33 bits per heavy atom. The molecule has 0 amide bonds. The zero-order chi connectivity index (χ0) is 19.6. The van der Waals surface area contributed by atoms with Gasteiger partial charge in [0.1, 0.15) is 11.1 Å². The highest BCUT2D eigenvalue weighted by atomic mass is 16.5. The van der Waals surface area contributed by atoms with Crippen molar-refractivity contribution in [3.8, 4) is 28.5 Å². The molecule has 3 rings (SSSR count). The monoisotopic (exact) mass is 371 g/mol. The molecule has 0 aliphatic rings. The lowest BCUT2D eigenvalue weighted by Gasteiger charge is -2.13. The second-order valence-electron chi connectivity index (χ2n) is 5.71. The number of rotatable bonds is 6. The van der Waals surface area contributed by atoms with Crippen molar-refractivity contribution in [3.63, 3.8) is 0 Å². The fraction of sp³-hybridized carbons (Fsp3) is 0.316. The first kappa shape index (κ1) is 18.5. The van der Waals surface area contributed by atoms with Crippen LogP contribution in [0.3, 0.4) is 0 Å². The van der Waals surface area contributed by atoms with Gasteiger partial charge in [-0.3, -0.25) is 0 Å². The van der Waals surface area contributed by atoms with E-state index >= 15 is 0 Å². The number of aromatic nitrogens is 3. The lowest BCUT2D eigenvalue weighted by Crippen LogP contribution is -2.06. The van der Waals surface area contributed by atoms with Gasteiger partial charge in [-0.15, -0.1) is 0 Å². The van der Waals surface area contributed by atoms with E-state index < -0.39 is 5.97 Å². The second kappa shape index (κ2) is 7.53. The predicted octanol–water partition coefficient (Wildman–Crippen LogP) is 3.14. The Balaban J connectivity index is 2.18. The number of H-pyrrole nitrogens is 1. The molecule has 1 N–H and O–H groups in total. The molecule has 0 aliphatic carbocycles. The van der Waals surface area contributed by atoms with Crippen LogP contribution in [0, 0.1) is 6.92 Å². The Morgan fingerprint density at radius 2 is 1.78 bits per heavy atom. The number of nitrogens with zero attached hydrogens (tertiary/aromatic N) is 2. The molecule has 0 bridgehead atoms. The first-order chi connectivity index (χ1) is 13.0. The molecule has 0 atom stereocenters. The Morgan fingerprint density at radius 1 is 1.11 bits per heavy atom. The van der Waals surface area contributed by atoms with Crippen LogP contribution < -0.4 is 14.2 Å². The summed E-state index contributed by atoms with van der Waals surface area (Å²) in [6.45, 7) is 3.83. The lowest BCUT2D eigenvalue weighted by atomic mass is 10.1. The molecule has 0 unspecified atom stereocenters. The highest BCUT2D eigenvalue weighted by molar-refractivity contribution is 6.03. The Kier molecular flexibility index (Phi) is 5.16. The van der Waals surface area contributed by atoms with E-state index in [0.29, 0.717) is 50.9 Å². The van der Waals surface area contributed by atoms with Crippen molar-refractivity contribution in [2.24, 2.45) is 0 Å². The van der Waals surface area contributed by atoms with Gasteiger partial charge in [-0.1, -0.05) is 0 Å². The van der Waals surface area contributed by atoms with Crippen LogP contribution in [0.15, 0.2) is 18.3 Å². The topological polar surface area (TPSA) is 95.6 Å². The minimum Gasteiger partial charge on any atom is -0.493 e. The largest absolute Gasteiger partial charge is 0.493 e. The quantitative estimate of drug-likeness (QED) is 0.665. The minimum absolute atomic E-state index is 0.283. The van der Waals surface area contributed by atoms with Gasteiger partial charge in [0.05, 0.1) is 39.8 Å². The van der Waals surface area contributed by atoms with Gasteiger partial charge in [0.15, 0.2) is 17.1 Å². The number of aryl methyl sites for hydroxylation is 1. The van der Waals surface area contributed by atoms with Crippen LogP contribution in [0.25, 0.3) is 22.4 Å². The number of nitrogens with one attached hydrogen (secondary N) is 1. The summed E-state index contributed by atoms with van der Waals surface area (Å²) in [5, 5.41) is 0. The summed E-state index contributed by atoms with van der Waals surface area (Å²) in [4.78, 5) is 24.4.